The number of amides is 1. The van der Waals surface area contributed by atoms with E-state index in [0.717, 1.165) is 11.8 Å². The van der Waals surface area contributed by atoms with Crippen LogP contribution in [0, 0.1) is 5.41 Å². The molecule has 0 bridgehead atoms. The van der Waals surface area contributed by atoms with E-state index in [1.54, 1.807) is 23.1 Å². The van der Waals surface area contributed by atoms with E-state index in [9.17, 15) is 13.2 Å². The van der Waals surface area contributed by atoms with Gasteiger partial charge in [0.2, 0.25) is 5.91 Å². The van der Waals surface area contributed by atoms with Gasteiger partial charge in [-0.3, -0.25) is 9.10 Å². The first-order chi connectivity index (χ1) is 11.9. The lowest BCUT2D eigenvalue weighted by Crippen LogP contribution is -2.42. The number of hydrogen-bond acceptors (Lipinski definition) is 4. The van der Waals surface area contributed by atoms with Gasteiger partial charge in [0.1, 0.15) is 6.54 Å². The van der Waals surface area contributed by atoms with Crippen molar-refractivity contribution < 1.29 is 13.2 Å². The molecule has 132 valence electrons. The van der Waals surface area contributed by atoms with Crippen LogP contribution in [0.5, 0.6) is 0 Å². The number of anilines is 1. The SMILES string of the molecule is CC1(CN)CCN(C(=O)CN2c3cccc4cccc(c34)S2(=O)=O)C1. The Bertz CT molecular complexity index is 967. The van der Waals surface area contributed by atoms with Crippen molar-refractivity contribution in [3.05, 3.63) is 36.4 Å². The zero-order valence-corrected chi connectivity index (χ0v) is 14.9. The summed E-state index contributed by atoms with van der Waals surface area (Å²) in [7, 11) is -3.70. The molecule has 0 aliphatic carbocycles. The molecule has 1 unspecified atom stereocenters. The number of carbonyl (C=O) groups excluding carboxylic acids is 1. The van der Waals surface area contributed by atoms with Crippen LogP contribution in [0.2, 0.25) is 0 Å². The highest BCUT2D eigenvalue weighted by Crippen LogP contribution is 2.42. The highest BCUT2D eigenvalue weighted by Gasteiger charge is 2.40. The van der Waals surface area contributed by atoms with E-state index < -0.39 is 10.0 Å². The summed E-state index contributed by atoms with van der Waals surface area (Å²) in [6.07, 6.45) is 0.845. The quantitative estimate of drug-likeness (QED) is 0.901. The van der Waals surface area contributed by atoms with E-state index in [1.165, 1.54) is 4.31 Å². The lowest BCUT2D eigenvalue weighted by Gasteiger charge is -2.25. The molecule has 0 saturated carbocycles. The summed E-state index contributed by atoms with van der Waals surface area (Å²) in [5, 5.41) is 1.57. The fourth-order valence-corrected chi connectivity index (χ4v) is 5.41. The third-order valence-electron chi connectivity index (χ3n) is 5.36. The van der Waals surface area contributed by atoms with E-state index in [0.29, 0.717) is 30.7 Å². The second-order valence-electron chi connectivity index (χ2n) is 7.22. The summed E-state index contributed by atoms with van der Waals surface area (Å²) >= 11 is 0. The van der Waals surface area contributed by atoms with E-state index in [-0.39, 0.29) is 22.8 Å². The van der Waals surface area contributed by atoms with Gasteiger partial charge in [-0.05, 0) is 35.9 Å². The van der Waals surface area contributed by atoms with Crippen LogP contribution < -0.4 is 10.0 Å². The van der Waals surface area contributed by atoms with Crippen LogP contribution in [0.15, 0.2) is 41.3 Å². The van der Waals surface area contributed by atoms with Crippen molar-refractivity contribution in [2.45, 2.75) is 18.2 Å². The molecule has 0 radical (unpaired) electrons. The number of sulfonamides is 1. The van der Waals surface area contributed by atoms with Gasteiger partial charge in [-0.1, -0.05) is 31.2 Å². The zero-order valence-electron chi connectivity index (χ0n) is 14.1. The maximum atomic E-state index is 12.9. The van der Waals surface area contributed by atoms with Gasteiger partial charge in [0, 0.05) is 18.5 Å². The highest BCUT2D eigenvalue weighted by molar-refractivity contribution is 7.93. The number of hydrogen-bond donors (Lipinski definition) is 1. The fraction of sp³-hybridized carbons (Fsp3) is 0.389. The number of benzene rings is 2. The molecule has 1 saturated heterocycles. The Labute approximate surface area is 147 Å². The topological polar surface area (TPSA) is 83.7 Å². The van der Waals surface area contributed by atoms with Crippen LogP contribution in [0.25, 0.3) is 10.8 Å². The van der Waals surface area contributed by atoms with Crippen LogP contribution in [0.4, 0.5) is 5.69 Å². The first kappa shape index (κ1) is 16.4. The molecule has 2 aliphatic rings. The largest absolute Gasteiger partial charge is 0.341 e. The molecule has 2 N–H and O–H groups in total. The molecule has 4 rings (SSSR count). The molecule has 0 spiro atoms. The summed E-state index contributed by atoms with van der Waals surface area (Å²) in [5.41, 5.74) is 6.31. The van der Waals surface area contributed by atoms with Crippen LogP contribution in [-0.2, 0) is 14.8 Å². The summed E-state index contributed by atoms with van der Waals surface area (Å²) in [4.78, 5) is 14.7. The first-order valence-corrected chi connectivity index (χ1v) is 9.82. The summed E-state index contributed by atoms with van der Waals surface area (Å²) < 4.78 is 27.1. The number of rotatable bonds is 3. The van der Waals surface area contributed by atoms with Crippen molar-refractivity contribution in [1.29, 1.82) is 0 Å². The molecule has 1 fully saturated rings. The minimum absolute atomic E-state index is 0.0808. The predicted octanol–water partition coefficient (Wildman–Crippen LogP) is 1.55. The van der Waals surface area contributed by atoms with Crippen molar-refractivity contribution in [2.75, 3.05) is 30.5 Å². The molecule has 2 aliphatic heterocycles. The Morgan fingerprint density at radius 1 is 1.24 bits per heavy atom. The smallest absolute Gasteiger partial charge is 0.265 e. The summed E-state index contributed by atoms with van der Waals surface area (Å²) in [6, 6.07) is 10.7. The molecule has 2 heterocycles. The van der Waals surface area contributed by atoms with Gasteiger partial charge >= 0.3 is 0 Å². The van der Waals surface area contributed by atoms with Crippen LogP contribution in [-0.4, -0.2) is 45.4 Å². The second kappa shape index (κ2) is 5.44. The third kappa shape index (κ3) is 2.41. The van der Waals surface area contributed by atoms with Crippen LogP contribution in [0.1, 0.15) is 13.3 Å². The lowest BCUT2D eigenvalue weighted by molar-refractivity contribution is -0.128. The van der Waals surface area contributed by atoms with Crippen LogP contribution in [0.3, 0.4) is 0 Å². The molecule has 1 atom stereocenters. The fourth-order valence-electron chi connectivity index (χ4n) is 3.75. The Morgan fingerprint density at radius 3 is 2.64 bits per heavy atom. The van der Waals surface area contributed by atoms with E-state index >= 15 is 0 Å². The standard InChI is InChI=1S/C18H21N3O3S/c1-18(11-19)8-9-20(12-18)16(22)10-21-14-6-2-4-13-5-3-7-15(17(13)14)25(21,23)24/h2-7H,8-12,19H2,1H3. The average Bonchev–Trinajstić information content (AvgIpc) is 3.10. The number of likely N-dealkylation sites (tertiary alicyclic amines) is 1. The monoisotopic (exact) mass is 359 g/mol. The molecule has 1 amide bonds. The van der Waals surface area contributed by atoms with Gasteiger partial charge in [0.15, 0.2) is 0 Å². The normalized spacial score (nSPS) is 24.2. The molecular weight excluding hydrogens is 338 g/mol. The van der Waals surface area contributed by atoms with Crippen molar-refractivity contribution >= 4 is 32.4 Å². The molecule has 0 aromatic heterocycles. The van der Waals surface area contributed by atoms with Crippen molar-refractivity contribution in [2.24, 2.45) is 11.1 Å². The first-order valence-electron chi connectivity index (χ1n) is 8.38. The minimum atomic E-state index is -3.70. The maximum Gasteiger partial charge on any atom is 0.265 e. The summed E-state index contributed by atoms with van der Waals surface area (Å²) in [6.45, 7) is 3.61. The van der Waals surface area contributed by atoms with E-state index in [2.05, 4.69) is 6.92 Å². The van der Waals surface area contributed by atoms with Crippen LogP contribution >= 0.6 is 0 Å². The molecular formula is C18H21N3O3S. The minimum Gasteiger partial charge on any atom is -0.341 e. The van der Waals surface area contributed by atoms with Crippen molar-refractivity contribution in [3.63, 3.8) is 0 Å². The Kier molecular flexibility index (Phi) is 3.56. The number of nitrogens with two attached hydrogens (primary N) is 1. The van der Waals surface area contributed by atoms with E-state index in [4.69, 9.17) is 5.73 Å². The molecule has 7 heteroatoms. The molecule has 25 heavy (non-hydrogen) atoms. The van der Waals surface area contributed by atoms with Gasteiger partial charge < -0.3 is 10.6 Å². The zero-order chi connectivity index (χ0) is 17.8. The number of nitrogens with zero attached hydrogens (tertiary/aromatic N) is 2. The molecule has 2 aromatic carbocycles. The van der Waals surface area contributed by atoms with Gasteiger partial charge in [0.25, 0.3) is 10.0 Å². The summed E-state index contributed by atoms with van der Waals surface area (Å²) in [5.74, 6) is -0.175. The molecule has 2 aromatic rings. The Balaban J connectivity index is 1.66. The average molecular weight is 359 g/mol. The van der Waals surface area contributed by atoms with Gasteiger partial charge in [0.05, 0.1) is 10.6 Å². The second-order valence-corrected chi connectivity index (χ2v) is 9.05. The van der Waals surface area contributed by atoms with E-state index in [1.807, 2.05) is 18.2 Å². The Morgan fingerprint density at radius 2 is 1.96 bits per heavy atom. The predicted molar refractivity (Wildman–Crippen MR) is 96.8 cm³/mol. The Hall–Kier alpha value is -2.12. The lowest BCUT2D eigenvalue weighted by atomic mass is 9.90. The van der Waals surface area contributed by atoms with Gasteiger partial charge in [-0.2, -0.15) is 0 Å². The van der Waals surface area contributed by atoms with Gasteiger partial charge in [-0.25, -0.2) is 8.42 Å². The maximum absolute atomic E-state index is 12.9. The van der Waals surface area contributed by atoms with Crippen molar-refractivity contribution in [3.8, 4) is 0 Å². The highest BCUT2D eigenvalue weighted by atomic mass is 32.2. The van der Waals surface area contributed by atoms with Crippen molar-refractivity contribution in [1.82, 2.24) is 4.90 Å². The third-order valence-corrected chi connectivity index (χ3v) is 7.17. The number of carbonyl (C=O) groups is 1. The van der Waals surface area contributed by atoms with Gasteiger partial charge in [-0.15, -0.1) is 0 Å². The molecule has 6 nitrogen and oxygen atoms in total.